The van der Waals surface area contributed by atoms with Crippen LogP contribution in [0.2, 0.25) is 0 Å². The molecule has 0 amide bonds. The second-order valence-electron chi connectivity index (χ2n) is 5.37. The summed E-state index contributed by atoms with van der Waals surface area (Å²) in [5.41, 5.74) is 1.95. The summed E-state index contributed by atoms with van der Waals surface area (Å²) in [6, 6.07) is 0. The zero-order valence-corrected chi connectivity index (χ0v) is 13.9. The predicted molar refractivity (Wildman–Crippen MR) is 84.0 cm³/mol. The topological polar surface area (TPSA) is 72.1 Å². The standard InChI is InChI=1S/C15H26N4O3/c1-5-16-15(17-8-14-11(2)18-22-12(14)3)19-6-7-21-13(9-19)10-20-4/h13H,5-10H2,1-4H3,(H,16,17). The van der Waals surface area contributed by atoms with Gasteiger partial charge in [-0.15, -0.1) is 0 Å². The lowest BCUT2D eigenvalue weighted by atomic mass is 10.2. The molecule has 1 aromatic heterocycles. The second-order valence-corrected chi connectivity index (χ2v) is 5.37. The first kappa shape index (κ1) is 16.8. The molecule has 2 heterocycles. The molecule has 1 saturated heterocycles. The molecule has 1 aliphatic heterocycles. The molecule has 1 aromatic rings. The number of hydrogen-bond acceptors (Lipinski definition) is 5. The third-order valence-electron chi connectivity index (χ3n) is 3.69. The normalized spacial score (nSPS) is 19.5. The molecular weight excluding hydrogens is 284 g/mol. The van der Waals surface area contributed by atoms with Gasteiger partial charge in [0.1, 0.15) is 5.76 Å². The van der Waals surface area contributed by atoms with Gasteiger partial charge in [-0.25, -0.2) is 4.99 Å². The largest absolute Gasteiger partial charge is 0.382 e. The maximum Gasteiger partial charge on any atom is 0.194 e. The highest BCUT2D eigenvalue weighted by atomic mass is 16.5. The highest BCUT2D eigenvalue weighted by Gasteiger charge is 2.23. The van der Waals surface area contributed by atoms with E-state index in [0.29, 0.717) is 19.8 Å². The third kappa shape index (κ3) is 4.20. The molecule has 7 nitrogen and oxygen atoms in total. The number of ether oxygens (including phenoxy) is 2. The fourth-order valence-electron chi connectivity index (χ4n) is 2.51. The van der Waals surface area contributed by atoms with Crippen molar-refractivity contribution in [1.82, 2.24) is 15.4 Å². The van der Waals surface area contributed by atoms with Crippen molar-refractivity contribution >= 4 is 5.96 Å². The summed E-state index contributed by atoms with van der Waals surface area (Å²) in [6.07, 6.45) is 0.0849. The summed E-state index contributed by atoms with van der Waals surface area (Å²) >= 11 is 0. The summed E-state index contributed by atoms with van der Waals surface area (Å²) in [6.45, 7) is 10.2. The van der Waals surface area contributed by atoms with Crippen molar-refractivity contribution in [3.05, 3.63) is 17.0 Å². The molecule has 0 spiro atoms. The van der Waals surface area contributed by atoms with Gasteiger partial charge in [0.2, 0.25) is 0 Å². The fraction of sp³-hybridized carbons (Fsp3) is 0.733. The number of nitrogens with zero attached hydrogens (tertiary/aromatic N) is 3. The summed E-state index contributed by atoms with van der Waals surface area (Å²) in [5.74, 6) is 1.73. The van der Waals surface area contributed by atoms with Crippen molar-refractivity contribution in [2.24, 2.45) is 4.99 Å². The summed E-state index contributed by atoms with van der Waals surface area (Å²) in [7, 11) is 1.69. The maximum atomic E-state index is 5.69. The van der Waals surface area contributed by atoms with E-state index in [1.54, 1.807) is 7.11 Å². The van der Waals surface area contributed by atoms with Gasteiger partial charge in [-0.1, -0.05) is 5.16 Å². The number of aliphatic imine (C=N–C) groups is 1. The van der Waals surface area contributed by atoms with E-state index in [1.807, 2.05) is 13.8 Å². The van der Waals surface area contributed by atoms with Crippen LogP contribution in [0.5, 0.6) is 0 Å². The molecule has 1 atom stereocenters. The minimum atomic E-state index is 0.0849. The monoisotopic (exact) mass is 310 g/mol. The third-order valence-corrected chi connectivity index (χ3v) is 3.69. The summed E-state index contributed by atoms with van der Waals surface area (Å²) in [4.78, 5) is 6.95. The average Bonchev–Trinajstić information content (AvgIpc) is 2.83. The minimum Gasteiger partial charge on any atom is -0.382 e. The van der Waals surface area contributed by atoms with Crippen molar-refractivity contribution in [1.29, 1.82) is 0 Å². The Labute approximate surface area is 131 Å². The molecule has 0 radical (unpaired) electrons. The lowest BCUT2D eigenvalue weighted by Crippen LogP contribution is -2.51. The van der Waals surface area contributed by atoms with Crippen molar-refractivity contribution < 1.29 is 14.0 Å². The molecule has 1 fully saturated rings. The van der Waals surface area contributed by atoms with Gasteiger partial charge in [-0.3, -0.25) is 0 Å². The van der Waals surface area contributed by atoms with E-state index in [2.05, 4.69) is 22.3 Å². The highest BCUT2D eigenvalue weighted by Crippen LogP contribution is 2.14. The molecule has 1 N–H and O–H groups in total. The summed E-state index contributed by atoms with van der Waals surface area (Å²) in [5, 5.41) is 7.32. The van der Waals surface area contributed by atoms with Gasteiger partial charge < -0.3 is 24.2 Å². The predicted octanol–water partition coefficient (Wildman–Crippen LogP) is 1.10. The molecule has 1 aliphatic rings. The number of aromatic nitrogens is 1. The van der Waals surface area contributed by atoms with Gasteiger partial charge in [0.05, 0.1) is 31.6 Å². The van der Waals surface area contributed by atoms with Gasteiger partial charge in [-0.05, 0) is 20.8 Å². The zero-order chi connectivity index (χ0) is 15.9. The van der Waals surface area contributed by atoms with Crippen LogP contribution >= 0.6 is 0 Å². The van der Waals surface area contributed by atoms with E-state index in [1.165, 1.54) is 0 Å². The lowest BCUT2D eigenvalue weighted by molar-refractivity contribution is -0.0447. The molecule has 1 unspecified atom stereocenters. The van der Waals surface area contributed by atoms with Crippen LogP contribution in [0.15, 0.2) is 9.52 Å². The van der Waals surface area contributed by atoms with Crippen molar-refractivity contribution in [3.63, 3.8) is 0 Å². The van der Waals surface area contributed by atoms with E-state index in [-0.39, 0.29) is 6.10 Å². The van der Waals surface area contributed by atoms with Crippen LogP contribution in [0.1, 0.15) is 23.9 Å². The molecule has 22 heavy (non-hydrogen) atoms. The average molecular weight is 310 g/mol. The zero-order valence-electron chi connectivity index (χ0n) is 13.9. The van der Waals surface area contributed by atoms with Gasteiger partial charge in [0.15, 0.2) is 5.96 Å². The number of nitrogens with one attached hydrogen (secondary N) is 1. The maximum absolute atomic E-state index is 5.69. The summed E-state index contributed by atoms with van der Waals surface area (Å²) < 4.78 is 16.1. The number of hydrogen-bond donors (Lipinski definition) is 1. The number of rotatable bonds is 5. The van der Waals surface area contributed by atoms with E-state index in [0.717, 1.165) is 42.6 Å². The smallest absolute Gasteiger partial charge is 0.194 e. The van der Waals surface area contributed by atoms with E-state index < -0.39 is 0 Å². The van der Waals surface area contributed by atoms with Gasteiger partial charge in [-0.2, -0.15) is 0 Å². The van der Waals surface area contributed by atoms with Crippen LogP contribution in [0.25, 0.3) is 0 Å². The van der Waals surface area contributed by atoms with Crippen molar-refractivity contribution in [2.75, 3.05) is 40.0 Å². The van der Waals surface area contributed by atoms with Crippen LogP contribution < -0.4 is 5.32 Å². The number of guanidine groups is 1. The van der Waals surface area contributed by atoms with Gasteiger partial charge >= 0.3 is 0 Å². The Morgan fingerprint density at radius 1 is 1.50 bits per heavy atom. The van der Waals surface area contributed by atoms with Crippen molar-refractivity contribution in [3.8, 4) is 0 Å². The SMILES string of the molecule is CCNC(=NCc1c(C)noc1C)N1CCOC(COC)C1. The van der Waals surface area contributed by atoms with Crippen LogP contribution in [-0.4, -0.2) is 62.1 Å². The van der Waals surface area contributed by atoms with Gasteiger partial charge in [0, 0.05) is 32.3 Å². The first-order valence-corrected chi connectivity index (χ1v) is 7.71. The Balaban J connectivity index is 2.06. The van der Waals surface area contributed by atoms with Crippen LogP contribution in [0.4, 0.5) is 0 Å². The second kappa shape index (κ2) is 8.14. The molecule has 0 aliphatic carbocycles. The van der Waals surface area contributed by atoms with Crippen LogP contribution in [-0.2, 0) is 16.0 Å². The molecule has 0 aromatic carbocycles. The Hall–Kier alpha value is -1.60. The first-order valence-electron chi connectivity index (χ1n) is 7.71. The first-order chi connectivity index (χ1) is 10.7. The van der Waals surface area contributed by atoms with Crippen LogP contribution in [0.3, 0.4) is 0 Å². The lowest BCUT2D eigenvalue weighted by Gasteiger charge is -2.34. The Morgan fingerprint density at radius 2 is 2.32 bits per heavy atom. The fourth-order valence-corrected chi connectivity index (χ4v) is 2.51. The molecular formula is C15H26N4O3. The molecule has 124 valence electrons. The van der Waals surface area contributed by atoms with E-state index >= 15 is 0 Å². The van der Waals surface area contributed by atoms with Crippen LogP contribution in [0, 0.1) is 13.8 Å². The molecule has 7 heteroatoms. The van der Waals surface area contributed by atoms with Gasteiger partial charge in [0.25, 0.3) is 0 Å². The van der Waals surface area contributed by atoms with Crippen molar-refractivity contribution in [2.45, 2.75) is 33.4 Å². The highest BCUT2D eigenvalue weighted by molar-refractivity contribution is 5.80. The molecule has 2 rings (SSSR count). The van der Waals surface area contributed by atoms with E-state index in [4.69, 9.17) is 19.0 Å². The molecule has 0 bridgehead atoms. The number of morpholine rings is 1. The van der Waals surface area contributed by atoms with E-state index in [9.17, 15) is 0 Å². The Kier molecular flexibility index (Phi) is 6.21. The Morgan fingerprint density at radius 3 is 2.95 bits per heavy atom. The minimum absolute atomic E-state index is 0.0849. The number of aryl methyl sites for hydroxylation is 2. The Bertz CT molecular complexity index is 479. The quantitative estimate of drug-likeness (QED) is 0.649. The molecule has 0 saturated carbocycles. The number of methoxy groups -OCH3 is 1.